The minimum Gasteiger partial charge on any atom is -0.396 e. The van der Waals surface area contributed by atoms with Gasteiger partial charge in [-0.3, -0.25) is 4.40 Å². The lowest BCUT2D eigenvalue weighted by Crippen LogP contribution is -2.02. The lowest BCUT2D eigenvalue weighted by Gasteiger charge is -2.08. The smallest absolute Gasteiger partial charge is 0.215 e. The minimum atomic E-state index is 0.171. The lowest BCUT2D eigenvalue weighted by molar-refractivity contribution is 0.280. The summed E-state index contributed by atoms with van der Waals surface area (Å²) in [4.78, 5) is 4.77. The molecule has 116 valence electrons. The molecule has 4 rings (SSSR count). The zero-order valence-corrected chi connectivity index (χ0v) is 14.1. The molecule has 23 heavy (non-hydrogen) atoms. The molecule has 0 bridgehead atoms. The highest BCUT2D eigenvalue weighted by molar-refractivity contribution is 9.10. The number of rotatable bonds is 4. The zero-order chi connectivity index (χ0) is 15.8. The van der Waals surface area contributed by atoms with Crippen molar-refractivity contribution in [1.29, 1.82) is 0 Å². The molecule has 4 nitrogen and oxygen atoms in total. The number of aromatic nitrogens is 3. The molecular weight excluding hydrogens is 354 g/mol. The minimum absolute atomic E-state index is 0.171. The van der Waals surface area contributed by atoms with Gasteiger partial charge < -0.3 is 9.67 Å². The number of imidazole rings is 2. The van der Waals surface area contributed by atoms with Crippen LogP contribution in [0.5, 0.6) is 0 Å². The molecule has 4 aromatic rings. The summed E-state index contributed by atoms with van der Waals surface area (Å²) in [6, 6.07) is 16.4. The van der Waals surface area contributed by atoms with Gasteiger partial charge in [-0.2, -0.15) is 0 Å². The molecule has 0 aliphatic heterocycles. The van der Waals surface area contributed by atoms with Gasteiger partial charge in [0.15, 0.2) is 0 Å². The van der Waals surface area contributed by atoms with Gasteiger partial charge in [0.2, 0.25) is 5.78 Å². The molecule has 0 aliphatic carbocycles. The second kappa shape index (κ2) is 5.83. The Bertz CT molecular complexity index is 969. The Balaban J connectivity index is 1.96. The van der Waals surface area contributed by atoms with Crippen LogP contribution in [0, 0.1) is 0 Å². The number of nitrogens with zero attached hydrogens (tertiary/aromatic N) is 3. The van der Waals surface area contributed by atoms with E-state index >= 15 is 0 Å². The second-order valence-corrected chi connectivity index (χ2v) is 6.44. The maximum Gasteiger partial charge on any atom is 0.215 e. The van der Waals surface area contributed by atoms with Gasteiger partial charge in [0.25, 0.3) is 0 Å². The third-order valence-electron chi connectivity index (χ3n) is 4.04. The van der Waals surface area contributed by atoms with Crippen molar-refractivity contribution in [2.75, 3.05) is 6.61 Å². The van der Waals surface area contributed by atoms with Crippen molar-refractivity contribution < 1.29 is 5.11 Å². The number of benzene rings is 2. The van der Waals surface area contributed by atoms with Crippen molar-refractivity contribution >= 4 is 32.7 Å². The van der Waals surface area contributed by atoms with Crippen LogP contribution in [0.25, 0.3) is 28.1 Å². The number of halogens is 1. The Labute approximate surface area is 142 Å². The highest BCUT2D eigenvalue weighted by Crippen LogP contribution is 2.27. The fraction of sp³-hybridized carbons (Fsp3) is 0.167. The summed E-state index contributed by atoms with van der Waals surface area (Å²) in [6.45, 7) is 0.909. The summed E-state index contributed by atoms with van der Waals surface area (Å²) < 4.78 is 5.37. The topological polar surface area (TPSA) is 42.5 Å². The van der Waals surface area contributed by atoms with Gasteiger partial charge in [-0.1, -0.05) is 40.2 Å². The Kier molecular flexibility index (Phi) is 3.67. The van der Waals surface area contributed by atoms with E-state index in [2.05, 4.69) is 49.3 Å². The van der Waals surface area contributed by atoms with Gasteiger partial charge in [-0.15, -0.1) is 0 Å². The number of aryl methyl sites for hydroxylation is 1. The number of aliphatic hydroxyl groups is 1. The van der Waals surface area contributed by atoms with Crippen LogP contribution < -0.4 is 0 Å². The Morgan fingerprint density at radius 1 is 1.04 bits per heavy atom. The summed E-state index contributed by atoms with van der Waals surface area (Å²) in [6.07, 6.45) is 2.84. The molecule has 0 saturated carbocycles. The van der Waals surface area contributed by atoms with Gasteiger partial charge in [0.05, 0.1) is 16.7 Å². The van der Waals surface area contributed by atoms with Gasteiger partial charge in [0, 0.05) is 23.8 Å². The van der Waals surface area contributed by atoms with Crippen LogP contribution in [-0.4, -0.2) is 25.7 Å². The second-order valence-electron chi connectivity index (χ2n) is 5.52. The van der Waals surface area contributed by atoms with Gasteiger partial charge in [0.1, 0.15) is 0 Å². The van der Waals surface area contributed by atoms with Crippen LogP contribution in [0.1, 0.15) is 6.42 Å². The van der Waals surface area contributed by atoms with Crippen LogP contribution in [-0.2, 0) is 6.54 Å². The maximum absolute atomic E-state index is 9.23. The fourth-order valence-electron chi connectivity index (χ4n) is 2.95. The molecule has 2 aromatic carbocycles. The van der Waals surface area contributed by atoms with Crippen molar-refractivity contribution in [3.8, 4) is 11.3 Å². The molecule has 0 spiro atoms. The van der Waals surface area contributed by atoms with E-state index in [1.807, 2.05) is 30.3 Å². The Hall–Kier alpha value is -2.11. The number of aliphatic hydroxyl groups excluding tert-OH is 1. The predicted molar refractivity (Wildman–Crippen MR) is 95.5 cm³/mol. The van der Waals surface area contributed by atoms with Crippen LogP contribution in [0.4, 0.5) is 0 Å². The zero-order valence-electron chi connectivity index (χ0n) is 12.5. The highest BCUT2D eigenvalue weighted by atomic mass is 79.9. The SMILES string of the molecule is OCCCn1c(-c2ccc(Br)cc2)cn2c3ccccc3nc12. The van der Waals surface area contributed by atoms with Crippen LogP contribution in [0.2, 0.25) is 0 Å². The van der Waals surface area contributed by atoms with Gasteiger partial charge in [-0.05, 0) is 36.2 Å². The van der Waals surface area contributed by atoms with E-state index < -0.39 is 0 Å². The molecule has 1 N–H and O–H groups in total. The summed E-state index contributed by atoms with van der Waals surface area (Å²) in [5.41, 5.74) is 4.34. The third kappa shape index (κ3) is 2.46. The molecule has 0 radical (unpaired) electrons. The van der Waals surface area contributed by atoms with Crippen molar-refractivity contribution in [2.45, 2.75) is 13.0 Å². The van der Waals surface area contributed by atoms with Crippen molar-refractivity contribution in [3.05, 3.63) is 59.2 Å². The molecule has 0 aliphatic rings. The normalized spacial score (nSPS) is 11.6. The van der Waals surface area contributed by atoms with Crippen LogP contribution in [0.3, 0.4) is 0 Å². The third-order valence-corrected chi connectivity index (χ3v) is 4.57. The molecule has 2 aromatic heterocycles. The molecule has 0 fully saturated rings. The van der Waals surface area contributed by atoms with Crippen molar-refractivity contribution in [2.24, 2.45) is 0 Å². The highest BCUT2D eigenvalue weighted by Gasteiger charge is 2.14. The van der Waals surface area contributed by atoms with E-state index in [1.54, 1.807) is 0 Å². The van der Waals surface area contributed by atoms with E-state index in [-0.39, 0.29) is 6.61 Å². The van der Waals surface area contributed by atoms with Crippen LogP contribution in [0.15, 0.2) is 59.2 Å². The van der Waals surface area contributed by atoms with E-state index in [4.69, 9.17) is 4.98 Å². The Morgan fingerprint density at radius 3 is 2.61 bits per heavy atom. The number of hydrogen-bond donors (Lipinski definition) is 1. The monoisotopic (exact) mass is 369 g/mol. The predicted octanol–water partition coefficient (Wildman–Crippen LogP) is 4.10. The number of fused-ring (bicyclic) bond motifs is 3. The largest absolute Gasteiger partial charge is 0.396 e. The lowest BCUT2D eigenvalue weighted by atomic mass is 10.1. The molecule has 5 heteroatoms. The quantitative estimate of drug-likeness (QED) is 0.588. The molecule has 0 unspecified atom stereocenters. The fourth-order valence-corrected chi connectivity index (χ4v) is 3.21. The first-order valence-corrected chi connectivity index (χ1v) is 8.40. The summed E-state index contributed by atoms with van der Waals surface area (Å²) in [5, 5.41) is 9.23. The molecular formula is C18H16BrN3O. The van der Waals surface area contributed by atoms with E-state index in [1.165, 1.54) is 0 Å². The Morgan fingerprint density at radius 2 is 1.83 bits per heavy atom. The average Bonchev–Trinajstić information content (AvgIpc) is 3.10. The van der Waals surface area contributed by atoms with E-state index in [0.29, 0.717) is 6.42 Å². The standard InChI is InChI=1S/C18H16BrN3O/c19-14-8-6-13(7-9-14)17-12-22-16-5-2-1-4-15(16)20-18(22)21(17)10-3-11-23/h1-2,4-9,12,23H,3,10-11H2. The molecule has 0 amide bonds. The maximum atomic E-state index is 9.23. The number of hydrogen-bond acceptors (Lipinski definition) is 2. The average molecular weight is 370 g/mol. The van der Waals surface area contributed by atoms with E-state index in [0.717, 1.165) is 39.1 Å². The number of para-hydroxylation sites is 2. The summed E-state index contributed by atoms with van der Waals surface area (Å²) >= 11 is 3.48. The van der Waals surface area contributed by atoms with Crippen LogP contribution >= 0.6 is 15.9 Å². The summed E-state index contributed by atoms with van der Waals surface area (Å²) in [7, 11) is 0. The first kappa shape index (κ1) is 14.5. The van der Waals surface area contributed by atoms with Crippen molar-refractivity contribution in [1.82, 2.24) is 14.0 Å². The van der Waals surface area contributed by atoms with E-state index in [9.17, 15) is 5.11 Å². The first-order valence-electron chi connectivity index (χ1n) is 7.61. The molecule has 0 atom stereocenters. The van der Waals surface area contributed by atoms with Crippen molar-refractivity contribution in [3.63, 3.8) is 0 Å². The van der Waals surface area contributed by atoms with Gasteiger partial charge in [-0.25, -0.2) is 4.98 Å². The van der Waals surface area contributed by atoms with Gasteiger partial charge >= 0.3 is 0 Å². The first-order chi connectivity index (χ1) is 11.3. The molecule has 2 heterocycles. The molecule has 0 saturated heterocycles. The summed E-state index contributed by atoms with van der Waals surface area (Å²) in [5.74, 6) is 0.914.